The molecular weight excluding hydrogens is 434 g/mol. The Morgan fingerprint density at radius 1 is 1.28 bits per heavy atom. The van der Waals surface area contributed by atoms with E-state index < -0.39 is 11.0 Å². The van der Waals surface area contributed by atoms with Crippen molar-refractivity contribution in [2.24, 2.45) is 5.10 Å². The van der Waals surface area contributed by atoms with Gasteiger partial charge in [0.2, 0.25) is 6.79 Å². The number of thiocarbonyl (C=S) groups is 1. The molecule has 0 bridgehead atoms. The minimum atomic E-state index is -0.454. The number of fused-ring (bicyclic) bond motifs is 2. The summed E-state index contributed by atoms with van der Waals surface area (Å²) in [4.78, 5) is 22.6. The standard InChI is InChI=1S/C21H21N5O5S/c1-3-22-20(27)23-21(32)25-12(2)8-14-9-17-18(31-11-30-17)10-16(14)19(24-25)13-4-6-15(7-5-13)26(28)29/h4-7,9-10,12H,3,8,11H2,1-2H3,(H2,22,23,27,32). The number of urea groups is 1. The lowest BCUT2D eigenvalue weighted by Crippen LogP contribution is -2.48. The van der Waals surface area contributed by atoms with E-state index in [-0.39, 0.29) is 23.6 Å². The maximum Gasteiger partial charge on any atom is 0.321 e. The molecule has 0 fully saturated rings. The number of non-ortho nitro benzene ring substituents is 1. The largest absolute Gasteiger partial charge is 0.454 e. The molecular formula is C21H21N5O5S. The molecule has 2 aliphatic rings. The number of carbonyl (C=O) groups excluding carboxylic acids is 1. The van der Waals surface area contributed by atoms with E-state index in [2.05, 4.69) is 10.6 Å². The van der Waals surface area contributed by atoms with Crippen molar-refractivity contribution in [2.45, 2.75) is 26.3 Å². The lowest BCUT2D eigenvalue weighted by Gasteiger charge is -2.25. The highest BCUT2D eigenvalue weighted by Gasteiger charge is 2.29. The first kappa shape index (κ1) is 21.5. The summed E-state index contributed by atoms with van der Waals surface area (Å²) >= 11 is 5.46. The molecule has 166 valence electrons. The number of benzene rings is 2. The van der Waals surface area contributed by atoms with Crippen LogP contribution >= 0.6 is 12.2 Å². The molecule has 2 heterocycles. The van der Waals surface area contributed by atoms with Crippen molar-refractivity contribution in [3.63, 3.8) is 0 Å². The number of hydrogen-bond acceptors (Lipinski definition) is 7. The second-order valence-corrected chi connectivity index (χ2v) is 7.69. The van der Waals surface area contributed by atoms with Crippen LogP contribution in [0.1, 0.15) is 30.5 Å². The lowest BCUT2D eigenvalue weighted by molar-refractivity contribution is -0.384. The first-order valence-corrected chi connectivity index (χ1v) is 10.4. The van der Waals surface area contributed by atoms with Crippen LogP contribution in [0, 0.1) is 10.1 Å². The van der Waals surface area contributed by atoms with E-state index in [0.717, 1.165) is 11.1 Å². The van der Waals surface area contributed by atoms with E-state index in [0.29, 0.717) is 35.7 Å². The summed E-state index contributed by atoms with van der Waals surface area (Å²) in [6.45, 7) is 4.35. The number of nitro benzene ring substituents is 1. The molecule has 0 saturated carbocycles. The molecule has 4 rings (SSSR count). The van der Waals surface area contributed by atoms with Gasteiger partial charge in [0.15, 0.2) is 16.6 Å². The zero-order valence-corrected chi connectivity index (χ0v) is 18.3. The quantitative estimate of drug-likeness (QED) is 0.415. The fourth-order valence-electron chi connectivity index (χ4n) is 3.60. The lowest BCUT2D eigenvalue weighted by atomic mass is 9.94. The summed E-state index contributed by atoms with van der Waals surface area (Å²) in [5.74, 6) is 1.25. The van der Waals surface area contributed by atoms with E-state index in [9.17, 15) is 14.9 Å². The summed E-state index contributed by atoms with van der Waals surface area (Å²) in [5, 5.41) is 22.9. The monoisotopic (exact) mass is 455 g/mol. The van der Waals surface area contributed by atoms with Crippen LogP contribution in [0.3, 0.4) is 0 Å². The van der Waals surface area contributed by atoms with Crippen molar-refractivity contribution in [2.75, 3.05) is 13.3 Å². The Bertz CT molecular complexity index is 1120. The Balaban J connectivity index is 1.79. The van der Waals surface area contributed by atoms with Gasteiger partial charge in [-0.25, -0.2) is 9.80 Å². The fourth-order valence-corrected chi connectivity index (χ4v) is 3.91. The second-order valence-electron chi connectivity index (χ2n) is 7.30. The molecule has 0 aliphatic carbocycles. The predicted molar refractivity (Wildman–Crippen MR) is 121 cm³/mol. The maximum atomic E-state index is 12.0. The zero-order chi connectivity index (χ0) is 22.8. The van der Waals surface area contributed by atoms with Gasteiger partial charge >= 0.3 is 6.03 Å². The van der Waals surface area contributed by atoms with Crippen molar-refractivity contribution < 1.29 is 19.2 Å². The van der Waals surface area contributed by atoms with E-state index in [1.165, 1.54) is 12.1 Å². The third kappa shape index (κ3) is 4.19. The summed E-state index contributed by atoms with van der Waals surface area (Å²) in [6, 6.07) is 9.30. The molecule has 2 aliphatic heterocycles. The molecule has 2 amide bonds. The SMILES string of the molecule is CCNC(=O)NC(=S)N1N=C(c2ccc([N+](=O)[O-])cc2)c2cc3c(cc2CC1C)OCO3. The summed E-state index contributed by atoms with van der Waals surface area (Å²) in [7, 11) is 0. The number of amides is 2. The van der Waals surface area contributed by atoms with E-state index in [1.54, 1.807) is 17.1 Å². The van der Waals surface area contributed by atoms with Crippen LogP contribution in [-0.4, -0.2) is 46.2 Å². The molecule has 1 atom stereocenters. The average Bonchev–Trinajstić information content (AvgIpc) is 3.15. The minimum absolute atomic E-state index is 0.0208. The van der Waals surface area contributed by atoms with Crippen molar-refractivity contribution >= 4 is 34.8 Å². The van der Waals surface area contributed by atoms with Crippen molar-refractivity contribution in [3.05, 3.63) is 63.2 Å². The molecule has 32 heavy (non-hydrogen) atoms. The van der Waals surface area contributed by atoms with Crippen LogP contribution < -0.4 is 20.1 Å². The van der Waals surface area contributed by atoms with Crippen molar-refractivity contribution in [3.8, 4) is 11.5 Å². The molecule has 0 spiro atoms. The van der Waals surface area contributed by atoms with Crippen LogP contribution in [0.15, 0.2) is 41.5 Å². The fraction of sp³-hybridized carbons (Fsp3) is 0.286. The van der Waals surface area contributed by atoms with Gasteiger partial charge in [-0.2, -0.15) is 5.10 Å². The Morgan fingerprint density at radius 2 is 1.97 bits per heavy atom. The summed E-state index contributed by atoms with van der Waals surface area (Å²) < 4.78 is 11.1. The molecule has 2 N–H and O–H groups in total. The van der Waals surface area contributed by atoms with E-state index in [1.807, 2.05) is 26.0 Å². The Kier molecular flexibility index (Phi) is 5.91. The van der Waals surface area contributed by atoms with Gasteiger partial charge in [0.1, 0.15) is 0 Å². The number of carbonyl (C=O) groups is 1. The van der Waals surface area contributed by atoms with Crippen LogP contribution in [0.2, 0.25) is 0 Å². The first-order valence-electron chi connectivity index (χ1n) is 10.0. The van der Waals surface area contributed by atoms with Crippen LogP contribution in [-0.2, 0) is 6.42 Å². The summed E-state index contributed by atoms with van der Waals surface area (Å²) in [5.41, 5.74) is 2.96. The molecule has 2 aromatic rings. The Hall–Kier alpha value is -3.73. The van der Waals surface area contributed by atoms with E-state index in [4.69, 9.17) is 26.8 Å². The van der Waals surface area contributed by atoms with Gasteiger partial charge in [-0.1, -0.05) is 0 Å². The number of nitro groups is 1. The van der Waals surface area contributed by atoms with Crippen LogP contribution in [0.25, 0.3) is 0 Å². The number of hydrazone groups is 1. The third-order valence-electron chi connectivity index (χ3n) is 5.11. The topological polar surface area (TPSA) is 118 Å². The van der Waals surface area contributed by atoms with Crippen molar-refractivity contribution in [1.82, 2.24) is 15.6 Å². The highest BCUT2D eigenvalue weighted by atomic mass is 32.1. The maximum absolute atomic E-state index is 12.0. The first-order chi connectivity index (χ1) is 15.4. The molecule has 1 unspecified atom stereocenters. The van der Waals surface area contributed by atoms with Gasteiger partial charge in [-0.15, -0.1) is 0 Å². The summed E-state index contributed by atoms with van der Waals surface area (Å²) in [6.07, 6.45) is 0.573. The van der Waals surface area contributed by atoms with E-state index >= 15 is 0 Å². The number of nitrogens with zero attached hydrogens (tertiary/aromatic N) is 3. The minimum Gasteiger partial charge on any atom is -0.454 e. The van der Waals surface area contributed by atoms with Gasteiger partial charge in [0, 0.05) is 29.8 Å². The van der Waals surface area contributed by atoms with Gasteiger partial charge in [0.05, 0.1) is 16.7 Å². The molecule has 2 aromatic carbocycles. The second kappa shape index (κ2) is 8.79. The Labute approximate surface area is 189 Å². The van der Waals surface area contributed by atoms with Gasteiger partial charge in [0.25, 0.3) is 5.69 Å². The molecule has 0 saturated heterocycles. The zero-order valence-electron chi connectivity index (χ0n) is 17.5. The van der Waals surface area contributed by atoms with Gasteiger partial charge in [-0.3, -0.25) is 15.4 Å². The van der Waals surface area contributed by atoms with Crippen molar-refractivity contribution in [1.29, 1.82) is 0 Å². The van der Waals surface area contributed by atoms with Crippen LogP contribution in [0.4, 0.5) is 10.5 Å². The van der Waals surface area contributed by atoms with Gasteiger partial charge in [-0.05, 0) is 62.3 Å². The number of ether oxygens (including phenoxy) is 2. The Morgan fingerprint density at radius 3 is 2.62 bits per heavy atom. The van der Waals surface area contributed by atoms with Gasteiger partial charge < -0.3 is 14.8 Å². The predicted octanol–water partition coefficient (Wildman–Crippen LogP) is 2.93. The number of rotatable bonds is 3. The molecule has 10 nitrogen and oxygen atoms in total. The normalized spacial score (nSPS) is 16.5. The smallest absolute Gasteiger partial charge is 0.321 e. The highest BCUT2D eigenvalue weighted by molar-refractivity contribution is 7.80. The molecule has 11 heteroatoms. The van der Waals surface area contributed by atoms with Crippen LogP contribution in [0.5, 0.6) is 11.5 Å². The molecule has 0 radical (unpaired) electrons. The third-order valence-corrected chi connectivity index (χ3v) is 5.40. The number of nitrogens with one attached hydrogen (secondary N) is 2. The number of hydrogen-bond donors (Lipinski definition) is 2. The highest BCUT2D eigenvalue weighted by Crippen LogP contribution is 2.37. The molecule has 0 aromatic heterocycles. The average molecular weight is 455 g/mol.